The van der Waals surface area contributed by atoms with Gasteiger partial charge in [-0.1, -0.05) is 37.6 Å². The first kappa shape index (κ1) is 24.5. The Kier molecular flexibility index (Phi) is 8.29. The molecule has 10 heteroatoms. The first-order valence-corrected chi connectivity index (χ1v) is 11.7. The van der Waals surface area contributed by atoms with Crippen molar-refractivity contribution in [3.8, 4) is 5.75 Å². The molecule has 0 fully saturated rings. The molecule has 31 heavy (non-hydrogen) atoms. The van der Waals surface area contributed by atoms with Gasteiger partial charge in [0.2, 0.25) is 15.9 Å². The van der Waals surface area contributed by atoms with E-state index in [2.05, 4.69) is 10.6 Å². The van der Waals surface area contributed by atoms with Crippen LogP contribution in [0.25, 0.3) is 0 Å². The maximum atomic E-state index is 12.7. The van der Waals surface area contributed by atoms with Gasteiger partial charge in [0.15, 0.2) is 0 Å². The van der Waals surface area contributed by atoms with Crippen molar-refractivity contribution < 1.29 is 22.7 Å². The van der Waals surface area contributed by atoms with Crippen LogP contribution in [0.5, 0.6) is 5.75 Å². The summed E-state index contributed by atoms with van der Waals surface area (Å²) in [5, 5.41) is 5.63. The fourth-order valence-electron chi connectivity index (χ4n) is 2.71. The minimum atomic E-state index is -3.79. The van der Waals surface area contributed by atoms with Crippen molar-refractivity contribution in [2.24, 2.45) is 5.92 Å². The Morgan fingerprint density at radius 1 is 1.16 bits per heavy atom. The molecule has 0 atom stereocenters. The van der Waals surface area contributed by atoms with Crippen LogP contribution in [-0.4, -0.2) is 46.7 Å². The fourth-order valence-corrected chi connectivity index (χ4v) is 3.81. The first-order chi connectivity index (χ1) is 14.5. The molecular formula is C21H26ClN3O5S. The van der Waals surface area contributed by atoms with Crippen molar-refractivity contribution >= 4 is 44.8 Å². The minimum Gasteiger partial charge on any atom is -0.495 e. The number of carbonyl (C=O) groups excluding carboxylic acids is 2. The van der Waals surface area contributed by atoms with Gasteiger partial charge >= 0.3 is 0 Å². The number of anilines is 2. The molecule has 8 nitrogen and oxygen atoms in total. The highest BCUT2D eigenvalue weighted by molar-refractivity contribution is 7.92. The number of amides is 2. The molecule has 0 aliphatic heterocycles. The van der Waals surface area contributed by atoms with Gasteiger partial charge in [0, 0.05) is 6.54 Å². The Morgan fingerprint density at radius 2 is 1.84 bits per heavy atom. The third kappa shape index (κ3) is 6.86. The number of halogens is 1. The molecule has 0 aromatic heterocycles. The van der Waals surface area contributed by atoms with Gasteiger partial charge in [-0.3, -0.25) is 13.9 Å². The number of para-hydroxylation sites is 1. The molecule has 0 radical (unpaired) electrons. The molecule has 0 spiro atoms. The van der Waals surface area contributed by atoms with Crippen molar-refractivity contribution in [1.82, 2.24) is 5.32 Å². The van der Waals surface area contributed by atoms with Gasteiger partial charge in [-0.15, -0.1) is 0 Å². The lowest BCUT2D eigenvalue weighted by atomic mass is 10.1. The summed E-state index contributed by atoms with van der Waals surface area (Å²) in [6.07, 6.45) is 0.992. The molecule has 168 valence electrons. The lowest BCUT2D eigenvalue weighted by molar-refractivity contribution is -0.114. The van der Waals surface area contributed by atoms with E-state index in [9.17, 15) is 18.0 Å². The molecule has 2 amide bonds. The Morgan fingerprint density at radius 3 is 2.42 bits per heavy atom. The Hall–Kier alpha value is -2.78. The fraction of sp³-hybridized carbons (Fsp3) is 0.333. The zero-order valence-electron chi connectivity index (χ0n) is 17.8. The van der Waals surface area contributed by atoms with Crippen LogP contribution in [0.15, 0.2) is 42.5 Å². The van der Waals surface area contributed by atoms with Gasteiger partial charge in [-0.05, 0) is 36.2 Å². The van der Waals surface area contributed by atoms with Crippen molar-refractivity contribution in [2.45, 2.75) is 13.8 Å². The number of rotatable bonds is 9. The van der Waals surface area contributed by atoms with E-state index in [4.69, 9.17) is 16.3 Å². The van der Waals surface area contributed by atoms with Gasteiger partial charge in [-0.2, -0.15) is 0 Å². The van der Waals surface area contributed by atoms with Gasteiger partial charge in [0.1, 0.15) is 12.3 Å². The number of carbonyl (C=O) groups is 2. The van der Waals surface area contributed by atoms with Crippen LogP contribution in [-0.2, 0) is 14.8 Å². The molecule has 0 heterocycles. The highest BCUT2D eigenvalue weighted by Crippen LogP contribution is 2.30. The molecule has 0 bridgehead atoms. The average molecular weight is 468 g/mol. The lowest BCUT2D eigenvalue weighted by Gasteiger charge is -2.23. The van der Waals surface area contributed by atoms with Crippen molar-refractivity contribution in [2.75, 3.05) is 36.1 Å². The summed E-state index contributed by atoms with van der Waals surface area (Å²) in [6.45, 7) is 3.93. The average Bonchev–Trinajstić information content (AvgIpc) is 2.69. The summed E-state index contributed by atoms with van der Waals surface area (Å²) in [5.74, 6) is -0.289. The van der Waals surface area contributed by atoms with Crippen LogP contribution in [0.4, 0.5) is 11.4 Å². The SMILES string of the molecule is COc1ccc(N(CC(=O)Nc2ccccc2C(=O)NCC(C)C)S(C)(=O)=O)cc1Cl. The second-order valence-corrected chi connectivity index (χ2v) is 9.60. The molecule has 0 saturated carbocycles. The number of sulfonamides is 1. The summed E-state index contributed by atoms with van der Waals surface area (Å²) < 4.78 is 30.6. The predicted octanol–water partition coefficient (Wildman–Crippen LogP) is 3.14. The zero-order valence-corrected chi connectivity index (χ0v) is 19.4. The first-order valence-electron chi connectivity index (χ1n) is 9.51. The monoisotopic (exact) mass is 467 g/mol. The Labute approximate surface area is 187 Å². The van der Waals surface area contributed by atoms with E-state index in [1.54, 1.807) is 24.3 Å². The molecular weight excluding hydrogens is 442 g/mol. The second-order valence-electron chi connectivity index (χ2n) is 7.29. The van der Waals surface area contributed by atoms with E-state index in [1.165, 1.54) is 25.3 Å². The number of hydrogen-bond acceptors (Lipinski definition) is 5. The van der Waals surface area contributed by atoms with Crippen molar-refractivity contribution in [3.05, 3.63) is 53.1 Å². The summed E-state index contributed by atoms with van der Waals surface area (Å²) in [7, 11) is -2.35. The van der Waals surface area contributed by atoms with Gasteiger partial charge in [0.05, 0.1) is 35.3 Å². The number of methoxy groups -OCH3 is 1. The molecule has 0 aliphatic rings. The molecule has 0 unspecified atom stereocenters. The second kappa shape index (κ2) is 10.5. The number of nitrogens with zero attached hydrogens (tertiary/aromatic N) is 1. The molecule has 2 aromatic carbocycles. The van der Waals surface area contributed by atoms with Gasteiger partial charge in [-0.25, -0.2) is 8.42 Å². The van der Waals surface area contributed by atoms with E-state index in [-0.39, 0.29) is 33.8 Å². The highest BCUT2D eigenvalue weighted by atomic mass is 35.5. The topological polar surface area (TPSA) is 105 Å². The summed E-state index contributed by atoms with van der Waals surface area (Å²) in [6, 6.07) is 10.9. The van der Waals surface area contributed by atoms with Crippen molar-refractivity contribution in [3.63, 3.8) is 0 Å². The van der Waals surface area contributed by atoms with Crippen LogP contribution >= 0.6 is 11.6 Å². The van der Waals surface area contributed by atoms with E-state index in [1.807, 2.05) is 13.8 Å². The molecule has 2 rings (SSSR count). The number of benzene rings is 2. The maximum absolute atomic E-state index is 12.7. The summed E-state index contributed by atoms with van der Waals surface area (Å²) in [5.41, 5.74) is 0.788. The number of ether oxygens (including phenoxy) is 1. The van der Waals surface area contributed by atoms with Crippen LogP contribution in [0, 0.1) is 5.92 Å². The maximum Gasteiger partial charge on any atom is 0.253 e. The molecule has 2 N–H and O–H groups in total. The highest BCUT2D eigenvalue weighted by Gasteiger charge is 2.23. The quantitative estimate of drug-likeness (QED) is 0.589. The molecule has 0 aliphatic carbocycles. The zero-order chi connectivity index (χ0) is 23.2. The standard InChI is InChI=1S/C21H26ClN3O5S/c1-14(2)12-23-21(27)16-7-5-6-8-18(16)24-20(26)13-25(31(4,28)29)15-9-10-19(30-3)17(22)11-15/h5-11,14H,12-13H2,1-4H3,(H,23,27)(H,24,26). The number of nitrogens with one attached hydrogen (secondary N) is 2. The van der Waals surface area contributed by atoms with Crippen LogP contribution < -0.4 is 19.7 Å². The van der Waals surface area contributed by atoms with Gasteiger partial charge in [0.25, 0.3) is 5.91 Å². The van der Waals surface area contributed by atoms with Crippen LogP contribution in [0.1, 0.15) is 24.2 Å². The third-order valence-electron chi connectivity index (χ3n) is 4.23. The number of hydrogen-bond donors (Lipinski definition) is 2. The summed E-state index contributed by atoms with van der Waals surface area (Å²) >= 11 is 6.11. The van der Waals surface area contributed by atoms with E-state index >= 15 is 0 Å². The third-order valence-corrected chi connectivity index (χ3v) is 5.66. The lowest BCUT2D eigenvalue weighted by Crippen LogP contribution is -2.38. The molecule has 0 saturated heterocycles. The normalized spacial score (nSPS) is 11.2. The van der Waals surface area contributed by atoms with Crippen LogP contribution in [0.3, 0.4) is 0 Å². The largest absolute Gasteiger partial charge is 0.495 e. The smallest absolute Gasteiger partial charge is 0.253 e. The van der Waals surface area contributed by atoms with E-state index < -0.39 is 22.5 Å². The minimum absolute atomic E-state index is 0.209. The molecule has 2 aromatic rings. The van der Waals surface area contributed by atoms with Gasteiger partial charge < -0.3 is 15.4 Å². The Balaban J connectivity index is 2.23. The Bertz CT molecular complexity index is 1060. The predicted molar refractivity (Wildman–Crippen MR) is 122 cm³/mol. The van der Waals surface area contributed by atoms with E-state index in [0.29, 0.717) is 12.3 Å². The van der Waals surface area contributed by atoms with Crippen LogP contribution in [0.2, 0.25) is 5.02 Å². The van der Waals surface area contributed by atoms with Crippen molar-refractivity contribution in [1.29, 1.82) is 0 Å². The van der Waals surface area contributed by atoms with E-state index in [0.717, 1.165) is 10.6 Å². The summed E-state index contributed by atoms with van der Waals surface area (Å²) in [4.78, 5) is 25.1.